The van der Waals surface area contributed by atoms with Gasteiger partial charge in [-0.05, 0) is 27.4 Å². The largest absolute Gasteiger partial charge is 0.239 e. The molecule has 2 heteroatoms. The lowest BCUT2D eigenvalue weighted by atomic mass is 10.2. The van der Waals surface area contributed by atoms with Crippen molar-refractivity contribution in [1.82, 2.24) is 4.98 Å². The van der Waals surface area contributed by atoms with E-state index < -0.39 is 0 Å². The van der Waals surface area contributed by atoms with Gasteiger partial charge < -0.3 is 0 Å². The molecular weight excluding hydrogens is 202 g/mol. The minimum absolute atomic E-state index is 0.857. The Morgan fingerprint density at radius 2 is 2.09 bits per heavy atom. The molecule has 0 fully saturated rings. The number of hydrogen-bond donors (Lipinski definition) is 0. The summed E-state index contributed by atoms with van der Waals surface area (Å²) in [6.45, 7) is 0. The first kappa shape index (κ1) is 6.80. The molecule has 11 heavy (non-hydrogen) atoms. The topological polar surface area (TPSA) is 12.9 Å². The Kier molecular flexibility index (Phi) is 1.62. The number of hydrogen-bond acceptors (Lipinski definition) is 1. The predicted octanol–water partition coefficient (Wildman–Crippen LogP) is 2.80. The van der Waals surface area contributed by atoms with Gasteiger partial charge in [0.15, 0.2) is 0 Å². The third-order valence-electron chi connectivity index (χ3n) is 1.57. The lowest BCUT2D eigenvalue weighted by Gasteiger charge is -1.96. The van der Waals surface area contributed by atoms with Crippen molar-refractivity contribution in [3.63, 3.8) is 0 Å². The van der Waals surface area contributed by atoms with Crippen LogP contribution in [0.25, 0.3) is 10.8 Å². The van der Waals surface area contributed by atoms with Crippen LogP contribution in [0.4, 0.5) is 0 Å². The molecule has 1 aromatic heterocycles. The zero-order chi connectivity index (χ0) is 7.68. The smallest absolute Gasteiger partial charge is 0.114 e. The maximum atomic E-state index is 4.00. The van der Waals surface area contributed by atoms with Crippen molar-refractivity contribution < 1.29 is 0 Å². The molecule has 1 heterocycles. The van der Waals surface area contributed by atoms with Crippen molar-refractivity contribution in [3.05, 3.63) is 41.1 Å². The quantitative estimate of drug-likeness (QED) is 0.605. The SMILES string of the molecule is Brc1n[c]cc2ccccc12. The average molecular weight is 207 g/mol. The summed E-state index contributed by atoms with van der Waals surface area (Å²) in [5, 5.41) is 2.29. The van der Waals surface area contributed by atoms with Gasteiger partial charge in [-0.15, -0.1) is 0 Å². The standard InChI is InChI=1S/C9H5BrN/c10-9-8-4-2-1-3-7(8)5-6-11-9/h1-5H. The van der Waals surface area contributed by atoms with Crippen LogP contribution in [0.3, 0.4) is 0 Å². The van der Waals surface area contributed by atoms with E-state index in [0.717, 1.165) is 15.4 Å². The first-order chi connectivity index (χ1) is 5.38. The summed E-state index contributed by atoms with van der Waals surface area (Å²) >= 11 is 3.35. The van der Waals surface area contributed by atoms with Gasteiger partial charge in [-0.25, -0.2) is 4.98 Å². The van der Waals surface area contributed by atoms with Crippen LogP contribution >= 0.6 is 15.9 Å². The average Bonchev–Trinajstić information content (AvgIpc) is 2.06. The van der Waals surface area contributed by atoms with Crippen molar-refractivity contribution in [2.75, 3.05) is 0 Å². The number of fused-ring (bicyclic) bond motifs is 1. The molecule has 0 N–H and O–H groups in total. The molecule has 0 atom stereocenters. The zero-order valence-corrected chi connectivity index (χ0v) is 7.30. The molecule has 0 aliphatic heterocycles. The van der Waals surface area contributed by atoms with Gasteiger partial charge in [0, 0.05) is 5.39 Å². The van der Waals surface area contributed by atoms with Crippen LogP contribution in [-0.4, -0.2) is 4.98 Å². The monoisotopic (exact) mass is 206 g/mol. The van der Waals surface area contributed by atoms with Crippen molar-refractivity contribution in [2.24, 2.45) is 0 Å². The van der Waals surface area contributed by atoms with E-state index in [1.165, 1.54) is 0 Å². The molecule has 2 rings (SSSR count). The Bertz CT molecular complexity index is 379. The molecule has 0 bridgehead atoms. The molecule has 0 saturated carbocycles. The van der Waals surface area contributed by atoms with Gasteiger partial charge in [-0.1, -0.05) is 24.3 Å². The Hall–Kier alpha value is -0.890. The fourth-order valence-corrected chi connectivity index (χ4v) is 1.49. The van der Waals surface area contributed by atoms with Gasteiger partial charge in [0.25, 0.3) is 0 Å². The molecule has 0 spiro atoms. The van der Waals surface area contributed by atoms with Gasteiger partial charge in [0.1, 0.15) is 4.60 Å². The molecular formula is C9H5BrN. The molecule has 0 amide bonds. The number of nitrogens with zero attached hydrogens (tertiary/aromatic N) is 1. The van der Waals surface area contributed by atoms with Gasteiger partial charge >= 0.3 is 0 Å². The highest BCUT2D eigenvalue weighted by Crippen LogP contribution is 2.19. The third-order valence-corrected chi connectivity index (χ3v) is 2.17. The maximum Gasteiger partial charge on any atom is 0.114 e. The molecule has 1 nitrogen and oxygen atoms in total. The Labute approximate surface area is 73.2 Å². The molecule has 53 valence electrons. The summed E-state index contributed by atoms with van der Waals surface area (Å²) in [5.74, 6) is 0. The molecule has 2 aromatic rings. The Balaban J connectivity index is 2.91. The van der Waals surface area contributed by atoms with Crippen LogP contribution in [0, 0.1) is 6.20 Å². The maximum absolute atomic E-state index is 4.00. The van der Waals surface area contributed by atoms with Gasteiger partial charge in [-0.2, -0.15) is 0 Å². The molecule has 1 radical (unpaired) electrons. The van der Waals surface area contributed by atoms with Crippen molar-refractivity contribution in [3.8, 4) is 0 Å². The van der Waals surface area contributed by atoms with E-state index in [4.69, 9.17) is 0 Å². The molecule has 0 saturated heterocycles. The second kappa shape index (κ2) is 2.62. The second-order valence-corrected chi connectivity index (χ2v) is 3.01. The van der Waals surface area contributed by atoms with Crippen LogP contribution < -0.4 is 0 Å². The number of aromatic nitrogens is 1. The van der Waals surface area contributed by atoms with E-state index in [-0.39, 0.29) is 0 Å². The number of pyridine rings is 1. The van der Waals surface area contributed by atoms with E-state index in [1.807, 2.05) is 30.3 Å². The molecule has 0 unspecified atom stereocenters. The van der Waals surface area contributed by atoms with Gasteiger partial charge in [-0.3, -0.25) is 0 Å². The van der Waals surface area contributed by atoms with Crippen LogP contribution in [0.1, 0.15) is 0 Å². The van der Waals surface area contributed by atoms with E-state index in [1.54, 1.807) is 0 Å². The highest BCUT2D eigenvalue weighted by Gasteiger charge is 1.95. The van der Waals surface area contributed by atoms with E-state index in [0.29, 0.717) is 0 Å². The zero-order valence-electron chi connectivity index (χ0n) is 5.71. The third kappa shape index (κ3) is 1.14. The summed E-state index contributed by atoms with van der Waals surface area (Å²) in [6, 6.07) is 9.94. The lowest BCUT2D eigenvalue weighted by Crippen LogP contribution is -1.77. The van der Waals surface area contributed by atoms with Crippen LogP contribution in [0.2, 0.25) is 0 Å². The van der Waals surface area contributed by atoms with E-state index >= 15 is 0 Å². The second-order valence-electron chi connectivity index (χ2n) is 2.26. The van der Waals surface area contributed by atoms with Crippen molar-refractivity contribution >= 4 is 26.7 Å². The minimum atomic E-state index is 0.857. The van der Waals surface area contributed by atoms with Gasteiger partial charge in [0.2, 0.25) is 0 Å². The summed E-state index contributed by atoms with van der Waals surface area (Å²) in [4.78, 5) is 4.00. The first-order valence-corrected chi connectivity index (χ1v) is 4.08. The lowest BCUT2D eigenvalue weighted by molar-refractivity contribution is 1.30. The van der Waals surface area contributed by atoms with Crippen LogP contribution in [0.15, 0.2) is 34.9 Å². The van der Waals surface area contributed by atoms with Gasteiger partial charge in [0.05, 0.1) is 6.20 Å². The van der Waals surface area contributed by atoms with E-state index in [9.17, 15) is 0 Å². The molecule has 1 aromatic carbocycles. The fourth-order valence-electron chi connectivity index (χ4n) is 1.03. The van der Waals surface area contributed by atoms with E-state index in [2.05, 4.69) is 27.1 Å². The molecule has 0 aliphatic carbocycles. The number of halogens is 1. The number of rotatable bonds is 0. The summed E-state index contributed by atoms with van der Waals surface area (Å²) < 4.78 is 0.857. The predicted molar refractivity (Wildman–Crippen MR) is 48.3 cm³/mol. The summed E-state index contributed by atoms with van der Waals surface area (Å²) in [5.41, 5.74) is 0. The summed E-state index contributed by atoms with van der Waals surface area (Å²) in [7, 11) is 0. The fraction of sp³-hybridized carbons (Fsp3) is 0. The van der Waals surface area contributed by atoms with Crippen molar-refractivity contribution in [2.45, 2.75) is 0 Å². The normalized spacial score (nSPS) is 10.3. The molecule has 0 aliphatic rings. The Morgan fingerprint density at radius 3 is 2.91 bits per heavy atom. The van der Waals surface area contributed by atoms with Crippen LogP contribution in [-0.2, 0) is 0 Å². The Morgan fingerprint density at radius 1 is 1.27 bits per heavy atom. The van der Waals surface area contributed by atoms with Crippen molar-refractivity contribution in [1.29, 1.82) is 0 Å². The highest BCUT2D eigenvalue weighted by molar-refractivity contribution is 9.10. The van der Waals surface area contributed by atoms with Crippen LogP contribution in [0.5, 0.6) is 0 Å². The summed E-state index contributed by atoms with van der Waals surface area (Å²) in [6.07, 6.45) is 2.81. The number of benzene rings is 1. The minimum Gasteiger partial charge on any atom is -0.239 e. The highest BCUT2D eigenvalue weighted by atomic mass is 79.9. The first-order valence-electron chi connectivity index (χ1n) is 3.29.